The number of hydrogen-bond acceptors (Lipinski definition) is 4. The highest BCUT2D eigenvalue weighted by molar-refractivity contribution is 6.35. The van der Waals surface area contributed by atoms with Crippen molar-refractivity contribution in [3.63, 3.8) is 0 Å². The Hall–Kier alpha value is -2.24. The molecule has 2 aromatic rings. The first-order valence-electron chi connectivity index (χ1n) is 7.62. The molecule has 2 aromatic carbocycles. The first-order valence-corrected chi connectivity index (χ1v) is 8.38. The van der Waals surface area contributed by atoms with Gasteiger partial charge in [-0.25, -0.2) is 0 Å². The van der Waals surface area contributed by atoms with Crippen LogP contribution < -0.4 is 4.74 Å². The molecule has 1 unspecified atom stereocenters. The van der Waals surface area contributed by atoms with Crippen molar-refractivity contribution in [2.45, 2.75) is 20.1 Å². The Morgan fingerprint density at radius 2 is 1.96 bits per heavy atom. The second kappa shape index (κ2) is 7.33. The number of halogens is 2. The van der Waals surface area contributed by atoms with Gasteiger partial charge in [0.25, 0.3) is 0 Å². The molecule has 0 spiro atoms. The van der Waals surface area contributed by atoms with Gasteiger partial charge in [0.1, 0.15) is 5.75 Å². The van der Waals surface area contributed by atoms with Crippen LogP contribution in [0.1, 0.15) is 24.3 Å². The smallest absolute Gasteiger partial charge is 0.247 e. The predicted molar refractivity (Wildman–Crippen MR) is 96.9 cm³/mol. The summed E-state index contributed by atoms with van der Waals surface area (Å²) in [5, 5.41) is 6.43. The Morgan fingerprint density at radius 3 is 2.60 bits per heavy atom. The lowest BCUT2D eigenvalue weighted by Gasteiger charge is -2.19. The molecule has 3 rings (SSSR count). The molecule has 0 N–H and O–H groups in total. The van der Waals surface area contributed by atoms with Gasteiger partial charge in [0.2, 0.25) is 18.0 Å². The number of hydrogen-bond donors (Lipinski definition) is 0. The van der Waals surface area contributed by atoms with Crippen LogP contribution in [0.15, 0.2) is 47.6 Å². The first-order chi connectivity index (χ1) is 11.9. The third-order valence-electron chi connectivity index (χ3n) is 3.62. The van der Waals surface area contributed by atoms with Gasteiger partial charge in [-0.15, -0.1) is 5.10 Å². The Kier molecular flexibility index (Phi) is 5.16. The molecule has 1 aliphatic heterocycles. The average molecular weight is 379 g/mol. The SMILES string of the molecule is CC(=O)N1N=C(COc2ccc(Cl)cc2Cl)OC1c1ccc(C)cc1. The van der Waals surface area contributed by atoms with Crippen LogP contribution in [0.2, 0.25) is 10.0 Å². The molecule has 0 radical (unpaired) electrons. The summed E-state index contributed by atoms with van der Waals surface area (Å²) in [5.74, 6) is 0.544. The summed E-state index contributed by atoms with van der Waals surface area (Å²) in [6.07, 6.45) is -0.600. The lowest BCUT2D eigenvalue weighted by atomic mass is 10.1. The molecule has 1 aliphatic rings. The molecule has 0 bridgehead atoms. The maximum absolute atomic E-state index is 11.9. The van der Waals surface area contributed by atoms with Crippen LogP contribution in [0.4, 0.5) is 0 Å². The second-order valence-corrected chi connectivity index (χ2v) is 6.45. The zero-order valence-electron chi connectivity index (χ0n) is 13.7. The number of benzene rings is 2. The predicted octanol–water partition coefficient (Wildman–Crippen LogP) is 4.57. The fourth-order valence-electron chi connectivity index (χ4n) is 2.35. The Balaban J connectivity index is 1.73. The van der Waals surface area contributed by atoms with Gasteiger partial charge in [-0.3, -0.25) is 4.79 Å². The van der Waals surface area contributed by atoms with Crippen molar-refractivity contribution >= 4 is 35.0 Å². The summed E-state index contributed by atoms with van der Waals surface area (Å²) in [7, 11) is 0. The van der Waals surface area contributed by atoms with Gasteiger partial charge in [0.15, 0.2) is 6.61 Å². The highest BCUT2D eigenvalue weighted by atomic mass is 35.5. The van der Waals surface area contributed by atoms with Gasteiger partial charge in [0, 0.05) is 17.5 Å². The van der Waals surface area contributed by atoms with Crippen molar-refractivity contribution in [1.29, 1.82) is 0 Å². The normalized spacial score (nSPS) is 16.4. The second-order valence-electron chi connectivity index (χ2n) is 5.60. The van der Waals surface area contributed by atoms with Gasteiger partial charge < -0.3 is 9.47 Å². The fourth-order valence-corrected chi connectivity index (χ4v) is 2.81. The van der Waals surface area contributed by atoms with Crippen molar-refractivity contribution in [1.82, 2.24) is 5.01 Å². The molecule has 0 aromatic heterocycles. The number of aryl methyl sites for hydroxylation is 1. The zero-order chi connectivity index (χ0) is 18.0. The highest BCUT2D eigenvalue weighted by Gasteiger charge is 2.32. The monoisotopic (exact) mass is 378 g/mol. The molecular formula is C18H16Cl2N2O3. The summed E-state index contributed by atoms with van der Waals surface area (Å²) in [5.41, 5.74) is 1.96. The van der Waals surface area contributed by atoms with Gasteiger partial charge in [-0.2, -0.15) is 5.01 Å². The minimum atomic E-state index is -0.600. The van der Waals surface area contributed by atoms with Crippen molar-refractivity contribution in [2.75, 3.05) is 6.61 Å². The molecule has 5 nitrogen and oxygen atoms in total. The van der Waals surface area contributed by atoms with Crippen LogP contribution in [0.3, 0.4) is 0 Å². The molecular weight excluding hydrogens is 363 g/mol. The quantitative estimate of drug-likeness (QED) is 0.782. The van der Waals surface area contributed by atoms with E-state index in [0.29, 0.717) is 21.7 Å². The fraction of sp³-hybridized carbons (Fsp3) is 0.222. The van der Waals surface area contributed by atoms with E-state index in [9.17, 15) is 4.79 Å². The van der Waals surface area contributed by atoms with Crippen LogP contribution in [0, 0.1) is 6.92 Å². The molecule has 25 heavy (non-hydrogen) atoms. The van der Waals surface area contributed by atoms with Crippen LogP contribution >= 0.6 is 23.2 Å². The minimum absolute atomic E-state index is 0.0491. The molecule has 0 saturated carbocycles. The highest BCUT2D eigenvalue weighted by Crippen LogP contribution is 2.30. The molecule has 130 valence electrons. The van der Waals surface area contributed by atoms with Crippen LogP contribution in [-0.2, 0) is 9.53 Å². The summed E-state index contributed by atoms with van der Waals surface area (Å²) in [6.45, 7) is 3.48. The third kappa shape index (κ3) is 4.06. The molecule has 1 heterocycles. The number of amides is 1. The molecule has 0 saturated heterocycles. The van der Waals surface area contributed by atoms with Gasteiger partial charge >= 0.3 is 0 Å². The Bertz CT molecular complexity index is 822. The molecule has 0 fully saturated rings. The van der Waals surface area contributed by atoms with Crippen LogP contribution in [-0.4, -0.2) is 23.4 Å². The molecule has 1 atom stereocenters. The van der Waals surface area contributed by atoms with E-state index < -0.39 is 6.23 Å². The maximum atomic E-state index is 11.9. The molecule has 7 heteroatoms. The summed E-state index contributed by atoms with van der Waals surface area (Å²) in [4.78, 5) is 11.9. The van der Waals surface area contributed by atoms with E-state index in [2.05, 4.69) is 5.10 Å². The van der Waals surface area contributed by atoms with E-state index in [4.69, 9.17) is 32.7 Å². The van der Waals surface area contributed by atoms with Crippen molar-refractivity contribution < 1.29 is 14.3 Å². The zero-order valence-corrected chi connectivity index (χ0v) is 15.2. The van der Waals surface area contributed by atoms with E-state index in [1.807, 2.05) is 31.2 Å². The number of rotatable bonds is 4. The van der Waals surface area contributed by atoms with Crippen molar-refractivity contribution in [2.24, 2.45) is 5.10 Å². The summed E-state index contributed by atoms with van der Waals surface area (Å²) >= 11 is 11.9. The number of ether oxygens (including phenoxy) is 2. The molecule has 0 aliphatic carbocycles. The van der Waals surface area contributed by atoms with Gasteiger partial charge in [-0.1, -0.05) is 53.0 Å². The Labute approximate surface area is 155 Å². The number of carbonyl (C=O) groups excluding carboxylic acids is 1. The number of nitrogens with zero attached hydrogens (tertiary/aromatic N) is 2. The van der Waals surface area contributed by atoms with Crippen molar-refractivity contribution in [3.8, 4) is 5.75 Å². The van der Waals surface area contributed by atoms with Gasteiger partial charge in [0.05, 0.1) is 5.02 Å². The van der Waals surface area contributed by atoms with E-state index >= 15 is 0 Å². The Morgan fingerprint density at radius 1 is 1.24 bits per heavy atom. The standard InChI is InChI=1S/C18H16Cl2N2O3/c1-11-3-5-13(6-4-11)18-22(12(2)23)21-17(25-18)10-24-16-8-7-14(19)9-15(16)20/h3-9,18H,10H2,1-2H3. The summed E-state index contributed by atoms with van der Waals surface area (Å²) in [6, 6.07) is 12.7. The van der Waals surface area contributed by atoms with Crippen LogP contribution in [0.5, 0.6) is 5.75 Å². The molecule has 1 amide bonds. The van der Waals surface area contributed by atoms with E-state index in [1.165, 1.54) is 11.9 Å². The van der Waals surface area contributed by atoms with E-state index in [0.717, 1.165) is 11.1 Å². The largest absolute Gasteiger partial charge is 0.482 e. The van der Waals surface area contributed by atoms with Crippen LogP contribution in [0.25, 0.3) is 0 Å². The summed E-state index contributed by atoms with van der Waals surface area (Å²) < 4.78 is 11.4. The first kappa shape index (κ1) is 17.6. The lowest BCUT2D eigenvalue weighted by Crippen LogP contribution is -2.25. The number of hydrazone groups is 1. The third-order valence-corrected chi connectivity index (χ3v) is 4.15. The topological polar surface area (TPSA) is 51.1 Å². The van der Waals surface area contributed by atoms with E-state index in [-0.39, 0.29) is 12.5 Å². The minimum Gasteiger partial charge on any atom is -0.482 e. The van der Waals surface area contributed by atoms with Crippen molar-refractivity contribution in [3.05, 3.63) is 63.6 Å². The lowest BCUT2D eigenvalue weighted by molar-refractivity contribution is -0.135. The number of carbonyl (C=O) groups is 1. The van der Waals surface area contributed by atoms with E-state index in [1.54, 1.807) is 18.2 Å². The van der Waals surface area contributed by atoms with Gasteiger partial charge in [-0.05, 0) is 25.1 Å². The maximum Gasteiger partial charge on any atom is 0.247 e. The average Bonchev–Trinajstić information content (AvgIpc) is 2.99.